The van der Waals surface area contributed by atoms with Crippen LogP contribution in [-0.4, -0.2) is 57.7 Å². The number of rotatable bonds is 3. The first-order valence-electron chi connectivity index (χ1n) is 6.97. The van der Waals surface area contributed by atoms with Gasteiger partial charge in [-0.05, 0) is 36.3 Å². The van der Waals surface area contributed by atoms with Crippen molar-refractivity contribution in [2.24, 2.45) is 0 Å². The van der Waals surface area contributed by atoms with E-state index in [1.807, 2.05) is 12.1 Å². The predicted molar refractivity (Wildman–Crippen MR) is 78.0 cm³/mol. The quantitative estimate of drug-likeness (QED) is 0.626. The number of benzene rings is 1. The molecule has 6 nitrogen and oxygen atoms in total. The molecule has 22 heavy (non-hydrogen) atoms. The Labute approximate surface area is 132 Å². The zero-order valence-electron chi connectivity index (χ0n) is 11.6. The predicted octanol–water partition coefficient (Wildman–Crippen LogP) is 0.0535. The normalized spacial score (nSPS) is 34.2. The number of allylic oxidation sites excluding steroid dienone is 1. The van der Waals surface area contributed by atoms with Crippen LogP contribution in [0.3, 0.4) is 0 Å². The third-order valence-corrected chi connectivity index (χ3v) is 4.17. The van der Waals surface area contributed by atoms with E-state index in [4.69, 9.17) is 26.2 Å². The molecule has 1 heterocycles. The molecule has 5 atom stereocenters. The average molecular weight is 329 g/mol. The standard InChI is InChI=1S/C15H17ClO6/c16-8-2-3-9-7(5-8)1-4-10(9)21-15-14(20)13(19)12(18)11(6-17)22-15/h2-5,11-15,17-20H,1,6H2/t11-,12+,13+,14-,15-/m1/s1. The Morgan fingerprint density at radius 2 is 1.95 bits per heavy atom. The largest absolute Gasteiger partial charge is 0.462 e. The Morgan fingerprint density at radius 1 is 1.18 bits per heavy atom. The van der Waals surface area contributed by atoms with Crippen molar-refractivity contribution in [1.29, 1.82) is 0 Å². The summed E-state index contributed by atoms with van der Waals surface area (Å²) in [5.74, 6) is 0.510. The molecule has 1 saturated heterocycles. The lowest BCUT2D eigenvalue weighted by Crippen LogP contribution is -2.59. The Balaban J connectivity index is 1.77. The van der Waals surface area contributed by atoms with Gasteiger partial charge in [0.15, 0.2) is 0 Å². The van der Waals surface area contributed by atoms with E-state index in [0.29, 0.717) is 17.2 Å². The number of hydrogen-bond donors (Lipinski definition) is 4. The van der Waals surface area contributed by atoms with E-state index in [1.54, 1.807) is 12.1 Å². The maximum absolute atomic E-state index is 9.98. The molecular formula is C15H17ClO6. The summed E-state index contributed by atoms with van der Waals surface area (Å²) in [6.45, 7) is -0.490. The van der Waals surface area contributed by atoms with Crippen LogP contribution < -0.4 is 0 Å². The molecule has 0 amide bonds. The highest BCUT2D eigenvalue weighted by Crippen LogP contribution is 2.33. The van der Waals surface area contributed by atoms with Gasteiger partial charge in [0.25, 0.3) is 0 Å². The van der Waals surface area contributed by atoms with Gasteiger partial charge in [-0.25, -0.2) is 0 Å². The molecule has 1 aromatic rings. The first-order valence-corrected chi connectivity index (χ1v) is 7.35. The SMILES string of the molecule is OC[C@H]1O[C@@H](OC2=CCc3cc(Cl)ccc32)[C@H](O)[C@@H](O)[C@H]1O. The molecule has 0 unspecified atom stereocenters. The van der Waals surface area contributed by atoms with Gasteiger partial charge >= 0.3 is 0 Å². The lowest BCUT2D eigenvalue weighted by Gasteiger charge is -2.39. The summed E-state index contributed by atoms with van der Waals surface area (Å²) in [6.07, 6.45) is -3.98. The van der Waals surface area contributed by atoms with Crippen molar-refractivity contribution >= 4 is 17.4 Å². The van der Waals surface area contributed by atoms with E-state index in [0.717, 1.165) is 11.1 Å². The van der Waals surface area contributed by atoms with Gasteiger partial charge in [0.05, 0.1) is 6.61 Å². The minimum Gasteiger partial charge on any atom is -0.462 e. The Kier molecular flexibility index (Phi) is 4.40. The molecule has 0 saturated carbocycles. The molecule has 120 valence electrons. The van der Waals surface area contributed by atoms with E-state index < -0.39 is 37.3 Å². The fourth-order valence-electron chi connectivity index (χ4n) is 2.69. The van der Waals surface area contributed by atoms with Crippen LogP contribution >= 0.6 is 11.6 Å². The molecule has 7 heteroatoms. The molecule has 1 aromatic carbocycles. The van der Waals surface area contributed by atoms with E-state index in [9.17, 15) is 15.3 Å². The lowest BCUT2D eigenvalue weighted by atomic mass is 9.99. The number of halogens is 1. The van der Waals surface area contributed by atoms with Crippen LogP contribution in [0.15, 0.2) is 24.3 Å². The summed E-state index contributed by atoms with van der Waals surface area (Å²) in [5, 5.41) is 39.3. The third-order valence-electron chi connectivity index (χ3n) is 3.93. The molecule has 2 aliphatic rings. The van der Waals surface area contributed by atoms with Gasteiger partial charge in [-0.15, -0.1) is 0 Å². The van der Waals surface area contributed by atoms with Crippen molar-refractivity contribution in [2.45, 2.75) is 37.1 Å². The zero-order valence-corrected chi connectivity index (χ0v) is 12.3. The van der Waals surface area contributed by atoms with Crippen LogP contribution in [-0.2, 0) is 15.9 Å². The molecule has 0 spiro atoms. The van der Waals surface area contributed by atoms with Crippen molar-refractivity contribution in [1.82, 2.24) is 0 Å². The highest BCUT2D eigenvalue weighted by Gasteiger charge is 2.45. The van der Waals surface area contributed by atoms with Gasteiger partial charge < -0.3 is 29.9 Å². The van der Waals surface area contributed by atoms with E-state index >= 15 is 0 Å². The fourth-order valence-corrected chi connectivity index (χ4v) is 2.88. The summed E-state index contributed by atoms with van der Waals surface area (Å²) in [7, 11) is 0. The molecule has 1 aliphatic heterocycles. The van der Waals surface area contributed by atoms with Crippen LogP contribution in [0.4, 0.5) is 0 Å². The third kappa shape index (κ3) is 2.74. The Bertz CT molecular complexity index is 587. The first-order chi connectivity index (χ1) is 10.5. The summed E-state index contributed by atoms with van der Waals surface area (Å²) < 4.78 is 11.0. The summed E-state index contributed by atoms with van der Waals surface area (Å²) in [6, 6.07) is 5.37. The minimum atomic E-state index is -1.46. The fraction of sp³-hybridized carbons (Fsp3) is 0.467. The van der Waals surface area contributed by atoms with Crippen molar-refractivity contribution < 1.29 is 29.9 Å². The van der Waals surface area contributed by atoms with Crippen LogP contribution in [0.2, 0.25) is 5.02 Å². The number of aliphatic hydroxyl groups is 4. The second kappa shape index (κ2) is 6.16. The van der Waals surface area contributed by atoms with Crippen molar-refractivity contribution in [3.63, 3.8) is 0 Å². The molecule has 1 aliphatic carbocycles. The second-order valence-electron chi connectivity index (χ2n) is 5.39. The van der Waals surface area contributed by atoms with Crippen LogP contribution in [0.25, 0.3) is 5.76 Å². The Morgan fingerprint density at radius 3 is 2.68 bits per heavy atom. The number of hydrogen-bond acceptors (Lipinski definition) is 6. The highest BCUT2D eigenvalue weighted by atomic mass is 35.5. The van der Waals surface area contributed by atoms with Gasteiger partial charge in [-0.3, -0.25) is 0 Å². The molecule has 4 N–H and O–H groups in total. The Hall–Kier alpha value is -1.15. The maximum atomic E-state index is 9.98. The summed E-state index contributed by atoms with van der Waals surface area (Å²) >= 11 is 5.94. The molecule has 0 aromatic heterocycles. The monoisotopic (exact) mass is 328 g/mol. The average Bonchev–Trinajstić information content (AvgIpc) is 2.90. The van der Waals surface area contributed by atoms with Crippen LogP contribution in [0.5, 0.6) is 0 Å². The molecule has 0 radical (unpaired) electrons. The topological polar surface area (TPSA) is 99.4 Å². The highest BCUT2D eigenvalue weighted by molar-refractivity contribution is 6.30. The van der Waals surface area contributed by atoms with Crippen molar-refractivity contribution in [3.05, 3.63) is 40.4 Å². The van der Waals surface area contributed by atoms with Gasteiger partial charge in [-0.1, -0.05) is 11.6 Å². The van der Waals surface area contributed by atoms with Crippen molar-refractivity contribution in [3.8, 4) is 0 Å². The number of fused-ring (bicyclic) bond motifs is 1. The first kappa shape index (κ1) is 15.7. The molecule has 1 fully saturated rings. The van der Waals surface area contributed by atoms with Gasteiger partial charge in [0.2, 0.25) is 6.29 Å². The second-order valence-corrected chi connectivity index (χ2v) is 5.83. The van der Waals surface area contributed by atoms with Gasteiger partial charge in [0.1, 0.15) is 30.2 Å². The maximum Gasteiger partial charge on any atom is 0.229 e. The van der Waals surface area contributed by atoms with E-state index in [-0.39, 0.29) is 0 Å². The molecule has 0 bridgehead atoms. The van der Waals surface area contributed by atoms with Gasteiger partial charge in [-0.2, -0.15) is 0 Å². The van der Waals surface area contributed by atoms with E-state index in [1.165, 1.54) is 0 Å². The number of ether oxygens (including phenoxy) is 2. The minimum absolute atomic E-state index is 0.490. The number of aliphatic hydroxyl groups excluding tert-OH is 4. The smallest absolute Gasteiger partial charge is 0.229 e. The summed E-state index contributed by atoms with van der Waals surface area (Å²) in [5.41, 5.74) is 1.83. The molecular weight excluding hydrogens is 312 g/mol. The van der Waals surface area contributed by atoms with Crippen LogP contribution in [0, 0.1) is 0 Å². The summed E-state index contributed by atoms with van der Waals surface area (Å²) in [4.78, 5) is 0. The van der Waals surface area contributed by atoms with E-state index in [2.05, 4.69) is 0 Å². The molecule has 3 rings (SSSR count). The van der Waals surface area contributed by atoms with Crippen LogP contribution in [0.1, 0.15) is 11.1 Å². The zero-order chi connectivity index (χ0) is 15.9. The van der Waals surface area contributed by atoms with Crippen molar-refractivity contribution in [2.75, 3.05) is 6.61 Å². The van der Waals surface area contributed by atoms with Gasteiger partial charge in [0, 0.05) is 10.6 Å². The lowest BCUT2D eigenvalue weighted by molar-refractivity contribution is -0.284.